The molecule has 1 aromatic heterocycles. The number of nitrogens with one attached hydrogen (secondary N) is 2. The van der Waals surface area contributed by atoms with Gasteiger partial charge in [0.15, 0.2) is 0 Å². The fourth-order valence-corrected chi connectivity index (χ4v) is 2.32. The molecule has 0 radical (unpaired) electrons. The lowest BCUT2D eigenvalue weighted by Crippen LogP contribution is -2.33. The molecule has 0 atom stereocenters. The largest absolute Gasteiger partial charge is 0.381 e. The third-order valence-corrected chi connectivity index (χ3v) is 3.78. The number of rotatable bonds is 6. The maximum atomic E-state index is 5.44. The molecule has 0 spiro atoms. The molecular formula is C15H26N4O. The van der Waals surface area contributed by atoms with Gasteiger partial charge in [0.05, 0.1) is 0 Å². The van der Waals surface area contributed by atoms with Gasteiger partial charge in [-0.2, -0.15) is 4.98 Å². The summed E-state index contributed by atoms with van der Waals surface area (Å²) in [6.45, 7) is 10.0. The van der Waals surface area contributed by atoms with Crippen LogP contribution >= 0.6 is 0 Å². The molecule has 0 bridgehead atoms. The molecule has 0 aliphatic carbocycles. The van der Waals surface area contributed by atoms with Crippen LogP contribution in [-0.4, -0.2) is 36.3 Å². The summed E-state index contributed by atoms with van der Waals surface area (Å²) in [5, 5.41) is 6.71. The van der Waals surface area contributed by atoms with E-state index in [9.17, 15) is 0 Å². The van der Waals surface area contributed by atoms with Crippen molar-refractivity contribution in [2.45, 2.75) is 40.0 Å². The van der Waals surface area contributed by atoms with Gasteiger partial charge < -0.3 is 15.4 Å². The monoisotopic (exact) mass is 278 g/mol. The Morgan fingerprint density at radius 2 is 2.00 bits per heavy atom. The van der Waals surface area contributed by atoms with E-state index in [1.165, 1.54) is 0 Å². The molecule has 5 heteroatoms. The van der Waals surface area contributed by atoms with Gasteiger partial charge in [0.2, 0.25) is 5.95 Å². The first-order valence-electron chi connectivity index (χ1n) is 7.52. The lowest BCUT2D eigenvalue weighted by molar-refractivity contribution is 0.0300. The van der Waals surface area contributed by atoms with Gasteiger partial charge in [-0.15, -0.1) is 0 Å². The van der Waals surface area contributed by atoms with Gasteiger partial charge in [0.1, 0.15) is 5.82 Å². The molecule has 0 amide bonds. The van der Waals surface area contributed by atoms with E-state index in [2.05, 4.69) is 34.4 Å². The Labute approximate surface area is 121 Å². The van der Waals surface area contributed by atoms with Gasteiger partial charge in [-0.25, -0.2) is 4.98 Å². The predicted molar refractivity (Wildman–Crippen MR) is 82.2 cm³/mol. The van der Waals surface area contributed by atoms with Crippen molar-refractivity contribution >= 4 is 11.8 Å². The maximum Gasteiger partial charge on any atom is 0.224 e. The Morgan fingerprint density at radius 1 is 1.25 bits per heavy atom. The highest BCUT2D eigenvalue weighted by atomic mass is 16.5. The number of hydrogen-bond acceptors (Lipinski definition) is 5. The lowest BCUT2D eigenvalue weighted by Gasteiger charge is -2.33. The van der Waals surface area contributed by atoms with Gasteiger partial charge in [-0.1, -0.05) is 13.8 Å². The van der Waals surface area contributed by atoms with E-state index in [4.69, 9.17) is 4.74 Å². The van der Waals surface area contributed by atoms with Crippen LogP contribution in [0.3, 0.4) is 0 Å². The number of aryl methyl sites for hydroxylation is 1. The first-order valence-corrected chi connectivity index (χ1v) is 7.52. The topological polar surface area (TPSA) is 59.1 Å². The SMILES string of the molecule is CCCNc1nc(C)cc(NCC2(C)CCOCC2)n1. The molecule has 0 aromatic carbocycles. The molecular weight excluding hydrogens is 252 g/mol. The van der Waals surface area contributed by atoms with E-state index >= 15 is 0 Å². The Kier molecular flexibility index (Phi) is 5.17. The highest BCUT2D eigenvalue weighted by Gasteiger charge is 2.27. The van der Waals surface area contributed by atoms with Crippen LogP contribution in [0.25, 0.3) is 0 Å². The average molecular weight is 278 g/mol. The van der Waals surface area contributed by atoms with Crippen molar-refractivity contribution in [3.63, 3.8) is 0 Å². The summed E-state index contributed by atoms with van der Waals surface area (Å²) in [5.74, 6) is 1.62. The fourth-order valence-electron chi connectivity index (χ4n) is 2.32. The van der Waals surface area contributed by atoms with E-state index in [1.807, 2.05) is 13.0 Å². The third-order valence-electron chi connectivity index (χ3n) is 3.78. The standard InChI is InChI=1S/C15H26N4O/c1-4-7-16-14-18-12(2)10-13(19-14)17-11-15(3)5-8-20-9-6-15/h10H,4-9,11H2,1-3H3,(H2,16,17,18,19). The summed E-state index contributed by atoms with van der Waals surface area (Å²) in [6, 6.07) is 2.00. The molecule has 2 heterocycles. The quantitative estimate of drug-likeness (QED) is 0.838. The molecule has 1 saturated heterocycles. The molecule has 2 N–H and O–H groups in total. The normalized spacial score (nSPS) is 17.8. The second kappa shape index (κ2) is 6.88. The van der Waals surface area contributed by atoms with Crippen molar-refractivity contribution in [1.82, 2.24) is 9.97 Å². The minimum atomic E-state index is 0.300. The van der Waals surface area contributed by atoms with Crippen LogP contribution in [0.15, 0.2) is 6.07 Å². The van der Waals surface area contributed by atoms with Gasteiger partial charge in [-0.05, 0) is 31.6 Å². The molecule has 1 fully saturated rings. The summed E-state index contributed by atoms with van der Waals surface area (Å²) in [7, 11) is 0. The molecule has 1 aliphatic rings. The van der Waals surface area contributed by atoms with E-state index in [1.54, 1.807) is 0 Å². The summed E-state index contributed by atoms with van der Waals surface area (Å²) in [5.41, 5.74) is 1.28. The highest BCUT2D eigenvalue weighted by Crippen LogP contribution is 2.29. The molecule has 0 unspecified atom stereocenters. The average Bonchev–Trinajstić information content (AvgIpc) is 2.43. The molecule has 1 aromatic rings. The number of nitrogens with zero attached hydrogens (tertiary/aromatic N) is 2. The molecule has 20 heavy (non-hydrogen) atoms. The fraction of sp³-hybridized carbons (Fsp3) is 0.733. The number of ether oxygens (including phenoxy) is 1. The maximum absolute atomic E-state index is 5.44. The summed E-state index contributed by atoms with van der Waals surface area (Å²) in [6.07, 6.45) is 3.27. The van der Waals surface area contributed by atoms with E-state index < -0.39 is 0 Å². The second-order valence-electron chi connectivity index (χ2n) is 5.92. The molecule has 1 aliphatic heterocycles. The zero-order valence-corrected chi connectivity index (χ0v) is 12.8. The molecule has 2 rings (SSSR count). The van der Waals surface area contributed by atoms with Crippen LogP contribution in [0.4, 0.5) is 11.8 Å². The molecule has 112 valence electrons. The summed E-state index contributed by atoms with van der Waals surface area (Å²) in [4.78, 5) is 8.92. The van der Waals surface area contributed by atoms with Crippen LogP contribution in [0.2, 0.25) is 0 Å². The van der Waals surface area contributed by atoms with Gasteiger partial charge in [0.25, 0.3) is 0 Å². The summed E-state index contributed by atoms with van der Waals surface area (Å²) < 4.78 is 5.44. The molecule has 5 nitrogen and oxygen atoms in total. The summed E-state index contributed by atoms with van der Waals surface area (Å²) >= 11 is 0. The van der Waals surface area contributed by atoms with E-state index in [0.29, 0.717) is 11.4 Å². The smallest absolute Gasteiger partial charge is 0.224 e. The van der Waals surface area contributed by atoms with Crippen LogP contribution < -0.4 is 10.6 Å². The van der Waals surface area contributed by atoms with Gasteiger partial charge in [0, 0.05) is 38.1 Å². The van der Waals surface area contributed by atoms with Gasteiger partial charge >= 0.3 is 0 Å². The highest BCUT2D eigenvalue weighted by molar-refractivity contribution is 5.42. The van der Waals surface area contributed by atoms with Crippen molar-refractivity contribution in [1.29, 1.82) is 0 Å². The first kappa shape index (κ1) is 15.0. The minimum absolute atomic E-state index is 0.300. The van der Waals surface area contributed by atoms with Crippen molar-refractivity contribution < 1.29 is 4.74 Å². The van der Waals surface area contributed by atoms with Crippen molar-refractivity contribution in [3.05, 3.63) is 11.8 Å². The predicted octanol–water partition coefficient (Wildman–Crippen LogP) is 2.84. The van der Waals surface area contributed by atoms with E-state index in [0.717, 1.165) is 57.1 Å². The van der Waals surface area contributed by atoms with Crippen LogP contribution in [0, 0.1) is 12.3 Å². The third kappa shape index (κ3) is 4.34. The van der Waals surface area contributed by atoms with Crippen molar-refractivity contribution in [3.8, 4) is 0 Å². The Morgan fingerprint density at radius 3 is 2.70 bits per heavy atom. The van der Waals surface area contributed by atoms with Gasteiger partial charge in [-0.3, -0.25) is 0 Å². The second-order valence-corrected chi connectivity index (χ2v) is 5.92. The Bertz CT molecular complexity index is 430. The lowest BCUT2D eigenvalue weighted by atomic mass is 9.82. The minimum Gasteiger partial charge on any atom is -0.381 e. The Hall–Kier alpha value is -1.36. The van der Waals surface area contributed by atoms with Crippen molar-refractivity contribution in [2.75, 3.05) is 36.9 Å². The van der Waals surface area contributed by atoms with Crippen molar-refractivity contribution in [2.24, 2.45) is 5.41 Å². The van der Waals surface area contributed by atoms with Crippen LogP contribution in [0.5, 0.6) is 0 Å². The Balaban J connectivity index is 1.96. The number of hydrogen-bond donors (Lipinski definition) is 2. The zero-order chi connectivity index (χ0) is 14.4. The number of aromatic nitrogens is 2. The van der Waals surface area contributed by atoms with Crippen LogP contribution in [0.1, 0.15) is 38.8 Å². The zero-order valence-electron chi connectivity index (χ0n) is 12.8. The van der Waals surface area contributed by atoms with E-state index in [-0.39, 0.29) is 0 Å². The molecule has 0 saturated carbocycles. The van der Waals surface area contributed by atoms with Crippen LogP contribution in [-0.2, 0) is 4.74 Å². The number of anilines is 2. The first-order chi connectivity index (χ1) is 9.61.